The van der Waals surface area contributed by atoms with Gasteiger partial charge >= 0.3 is 5.97 Å². The number of carboxylic acids is 1. The first kappa shape index (κ1) is 16.3. The lowest BCUT2D eigenvalue weighted by atomic mass is 9.65. The molecule has 0 bridgehead atoms. The molecule has 0 aromatic rings. The van der Waals surface area contributed by atoms with E-state index in [2.05, 4.69) is 10.9 Å². The van der Waals surface area contributed by atoms with Crippen LogP contribution >= 0.6 is 0 Å². The normalized spacial score (nSPS) is 36.1. The van der Waals surface area contributed by atoms with Crippen LogP contribution in [-0.4, -0.2) is 22.9 Å². The highest BCUT2D eigenvalue weighted by Crippen LogP contribution is 2.65. The van der Waals surface area contributed by atoms with Crippen LogP contribution in [0.2, 0.25) is 0 Å². The Bertz CT molecular complexity index is 567. The minimum Gasteiger partial charge on any atom is -0.481 e. The molecule has 128 valence electrons. The van der Waals surface area contributed by atoms with Gasteiger partial charge in [0, 0.05) is 11.8 Å². The molecule has 0 aromatic carbocycles. The Morgan fingerprint density at radius 3 is 1.91 bits per heavy atom. The van der Waals surface area contributed by atoms with Crippen molar-refractivity contribution in [2.24, 2.45) is 28.1 Å². The molecule has 6 nitrogen and oxygen atoms in total. The highest BCUT2D eigenvalue weighted by atomic mass is 16.4. The largest absolute Gasteiger partial charge is 0.481 e. The van der Waals surface area contributed by atoms with Crippen molar-refractivity contribution in [1.29, 1.82) is 0 Å². The number of hydrazine groups is 1. The van der Waals surface area contributed by atoms with E-state index < -0.39 is 22.7 Å². The number of aliphatic carboxylic acids is 1. The zero-order valence-corrected chi connectivity index (χ0v) is 14.1. The van der Waals surface area contributed by atoms with Gasteiger partial charge in [-0.2, -0.15) is 0 Å². The van der Waals surface area contributed by atoms with Gasteiger partial charge < -0.3 is 5.11 Å². The quantitative estimate of drug-likeness (QED) is 0.691. The van der Waals surface area contributed by atoms with Gasteiger partial charge in [-0.15, -0.1) is 0 Å². The summed E-state index contributed by atoms with van der Waals surface area (Å²) < 4.78 is 0. The van der Waals surface area contributed by atoms with Gasteiger partial charge in [-0.05, 0) is 49.9 Å². The first-order valence-electron chi connectivity index (χ1n) is 8.47. The zero-order valence-electron chi connectivity index (χ0n) is 14.1. The molecule has 3 fully saturated rings. The molecule has 1 spiro atoms. The third-order valence-electron chi connectivity index (χ3n) is 7.18. The predicted molar refractivity (Wildman–Crippen MR) is 82.9 cm³/mol. The number of hydrogen-bond acceptors (Lipinski definition) is 3. The molecule has 0 aromatic heterocycles. The van der Waals surface area contributed by atoms with E-state index in [4.69, 9.17) is 0 Å². The maximum absolute atomic E-state index is 12.4. The lowest BCUT2D eigenvalue weighted by Crippen LogP contribution is -2.50. The van der Waals surface area contributed by atoms with Crippen molar-refractivity contribution < 1.29 is 19.5 Å². The van der Waals surface area contributed by atoms with Crippen LogP contribution in [0.5, 0.6) is 0 Å². The van der Waals surface area contributed by atoms with Gasteiger partial charge in [0.25, 0.3) is 0 Å². The van der Waals surface area contributed by atoms with Gasteiger partial charge in [-0.3, -0.25) is 25.2 Å². The van der Waals surface area contributed by atoms with Crippen LogP contribution in [0.1, 0.15) is 59.3 Å². The molecule has 6 heteroatoms. The molecule has 3 atom stereocenters. The third-order valence-corrected chi connectivity index (χ3v) is 7.18. The molecule has 3 N–H and O–H groups in total. The SMILES string of the molecule is CC1(C)[C@H](C(=O)NNC(=O)[C@@H]2CC23CCC3)CC[C@]1(C)C(=O)O. The smallest absolute Gasteiger partial charge is 0.309 e. The molecule has 0 aliphatic heterocycles. The summed E-state index contributed by atoms with van der Waals surface area (Å²) in [5.74, 6) is -1.63. The summed E-state index contributed by atoms with van der Waals surface area (Å²) in [4.78, 5) is 36.1. The maximum atomic E-state index is 12.4. The summed E-state index contributed by atoms with van der Waals surface area (Å²) in [6, 6.07) is 0. The number of hydrogen-bond donors (Lipinski definition) is 3. The molecular weight excluding hydrogens is 296 g/mol. The number of amides is 2. The Balaban J connectivity index is 1.57. The van der Waals surface area contributed by atoms with E-state index >= 15 is 0 Å². The molecular formula is C17H26N2O4. The van der Waals surface area contributed by atoms with Crippen molar-refractivity contribution in [3.63, 3.8) is 0 Å². The summed E-state index contributed by atoms with van der Waals surface area (Å²) in [7, 11) is 0. The van der Waals surface area contributed by atoms with Crippen molar-refractivity contribution in [3.05, 3.63) is 0 Å². The fourth-order valence-corrected chi connectivity index (χ4v) is 4.54. The molecule has 0 heterocycles. The van der Waals surface area contributed by atoms with E-state index in [0.29, 0.717) is 12.8 Å². The molecule has 2 amide bonds. The van der Waals surface area contributed by atoms with Crippen molar-refractivity contribution in [2.75, 3.05) is 0 Å². The van der Waals surface area contributed by atoms with Crippen LogP contribution in [0.4, 0.5) is 0 Å². The second kappa shape index (κ2) is 4.95. The van der Waals surface area contributed by atoms with Gasteiger partial charge in [-0.1, -0.05) is 20.3 Å². The van der Waals surface area contributed by atoms with Gasteiger partial charge in [0.05, 0.1) is 5.41 Å². The second-order valence-electron chi connectivity index (χ2n) is 8.40. The van der Waals surface area contributed by atoms with E-state index in [-0.39, 0.29) is 23.1 Å². The minimum absolute atomic E-state index is 0.0393. The Kier molecular flexibility index (Phi) is 3.50. The maximum Gasteiger partial charge on any atom is 0.309 e. The Morgan fingerprint density at radius 2 is 1.52 bits per heavy atom. The number of carboxylic acid groups (broad SMARTS) is 1. The van der Waals surface area contributed by atoms with Gasteiger partial charge in [-0.25, -0.2) is 0 Å². The van der Waals surface area contributed by atoms with Crippen LogP contribution in [0.15, 0.2) is 0 Å². The Morgan fingerprint density at radius 1 is 0.957 bits per heavy atom. The van der Waals surface area contributed by atoms with Crippen molar-refractivity contribution in [2.45, 2.75) is 59.3 Å². The average molecular weight is 322 g/mol. The summed E-state index contributed by atoms with van der Waals surface area (Å²) >= 11 is 0. The van der Waals surface area contributed by atoms with Gasteiger partial charge in [0.15, 0.2) is 0 Å². The highest BCUT2D eigenvalue weighted by Gasteiger charge is 2.61. The van der Waals surface area contributed by atoms with E-state index in [1.54, 1.807) is 6.92 Å². The van der Waals surface area contributed by atoms with E-state index in [1.165, 1.54) is 6.42 Å². The molecule has 3 aliphatic rings. The molecule has 0 saturated heterocycles. The topological polar surface area (TPSA) is 95.5 Å². The Hall–Kier alpha value is -1.59. The van der Waals surface area contributed by atoms with Crippen molar-refractivity contribution in [3.8, 4) is 0 Å². The van der Waals surface area contributed by atoms with E-state index in [1.807, 2.05) is 13.8 Å². The molecule has 0 radical (unpaired) electrons. The van der Waals surface area contributed by atoms with Crippen molar-refractivity contribution >= 4 is 17.8 Å². The zero-order chi connectivity index (χ0) is 17.0. The summed E-state index contributed by atoms with van der Waals surface area (Å²) in [6.07, 6.45) is 5.34. The van der Waals surface area contributed by atoms with Crippen LogP contribution in [0.25, 0.3) is 0 Å². The molecule has 23 heavy (non-hydrogen) atoms. The number of nitrogens with one attached hydrogen (secondary N) is 2. The summed E-state index contributed by atoms with van der Waals surface area (Å²) in [6.45, 7) is 5.35. The van der Waals surface area contributed by atoms with Crippen molar-refractivity contribution in [1.82, 2.24) is 10.9 Å². The Labute approximate surface area is 136 Å². The average Bonchev–Trinajstić information content (AvgIpc) is 3.14. The molecule has 3 aliphatic carbocycles. The van der Waals surface area contributed by atoms with Crippen LogP contribution in [-0.2, 0) is 14.4 Å². The lowest BCUT2D eigenvalue weighted by Gasteiger charge is -2.37. The standard InChI is InChI=1S/C17H26N2O4/c1-15(2)10(5-8-16(15,3)14(22)23)12(20)18-19-13(21)11-9-17(11)6-4-7-17/h10-11H,4-9H2,1-3H3,(H,18,20)(H,19,21)(H,22,23)/t10-,11-,16+/m0/s1. The number of carbonyl (C=O) groups excluding carboxylic acids is 2. The fraction of sp³-hybridized carbons (Fsp3) is 0.824. The monoisotopic (exact) mass is 322 g/mol. The summed E-state index contributed by atoms with van der Waals surface area (Å²) in [5, 5.41) is 9.50. The fourth-order valence-electron chi connectivity index (χ4n) is 4.54. The van der Waals surface area contributed by atoms with E-state index in [9.17, 15) is 19.5 Å². The first-order chi connectivity index (χ1) is 10.6. The second-order valence-corrected chi connectivity index (χ2v) is 8.40. The highest BCUT2D eigenvalue weighted by molar-refractivity contribution is 5.88. The first-order valence-corrected chi connectivity index (χ1v) is 8.47. The minimum atomic E-state index is -0.925. The van der Waals surface area contributed by atoms with Crippen LogP contribution in [0, 0.1) is 28.1 Å². The molecule has 0 unspecified atom stereocenters. The number of carbonyl (C=O) groups is 3. The molecule has 3 rings (SSSR count). The van der Waals surface area contributed by atoms with Crippen LogP contribution < -0.4 is 10.9 Å². The third kappa shape index (κ3) is 2.25. The van der Waals surface area contributed by atoms with Crippen LogP contribution in [0.3, 0.4) is 0 Å². The molecule has 3 saturated carbocycles. The predicted octanol–water partition coefficient (Wildman–Crippen LogP) is 1.85. The summed E-state index contributed by atoms with van der Waals surface area (Å²) in [5.41, 5.74) is 3.72. The van der Waals surface area contributed by atoms with Gasteiger partial charge in [0.2, 0.25) is 11.8 Å². The lowest BCUT2D eigenvalue weighted by molar-refractivity contribution is -0.155. The van der Waals surface area contributed by atoms with Gasteiger partial charge in [0.1, 0.15) is 0 Å². The van der Waals surface area contributed by atoms with E-state index in [0.717, 1.165) is 19.3 Å². The number of rotatable bonds is 3.